The van der Waals surface area contributed by atoms with Gasteiger partial charge in [-0.05, 0) is 91.9 Å². The third-order valence-electron chi connectivity index (χ3n) is 5.90. The Hall–Kier alpha value is -3.04. The molecule has 37 heavy (non-hydrogen) atoms. The van der Waals surface area contributed by atoms with Gasteiger partial charge in [0, 0.05) is 10.2 Å². The molecule has 198 valence electrons. The summed E-state index contributed by atoms with van der Waals surface area (Å²) in [4.78, 5) is 13.4. The molecule has 3 aromatic rings. The Morgan fingerprint density at radius 1 is 0.973 bits per heavy atom. The molecule has 0 aliphatic carbocycles. The van der Waals surface area contributed by atoms with Crippen molar-refractivity contribution in [3.8, 4) is 11.5 Å². The van der Waals surface area contributed by atoms with E-state index in [0.717, 1.165) is 31.2 Å². The minimum absolute atomic E-state index is 0.0104. The van der Waals surface area contributed by atoms with E-state index in [1.807, 2.05) is 32.9 Å². The monoisotopic (exact) mass is 588 g/mol. The van der Waals surface area contributed by atoms with Crippen LogP contribution in [0.5, 0.6) is 11.5 Å². The molecule has 0 spiro atoms. The number of methoxy groups -OCH3 is 1. The number of benzene rings is 3. The summed E-state index contributed by atoms with van der Waals surface area (Å²) in [5.74, 6) is 0.364. The van der Waals surface area contributed by atoms with Crippen LogP contribution in [0.3, 0.4) is 0 Å². The van der Waals surface area contributed by atoms with E-state index in [-0.39, 0.29) is 10.6 Å². The highest BCUT2D eigenvalue weighted by molar-refractivity contribution is 9.10. The van der Waals surface area contributed by atoms with E-state index in [1.165, 1.54) is 7.11 Å². The number of rotatable bonds is 11. The predicted molar refractivity (Wildman–Crippen MR) is 151 cm³/mol. The fourth-order valence-electron chi connectivity index (χ4n) is 4.05. The summed E-state index contributed by atoms with van der Waals surface area (Å²) < 4.78 is 40.9. The molecule has 0 heterocycles. The average Bonchev–Trinajstić information content (AvgIpc) is 2.88. The number of aryl methyl sites for hydroxylation is 3. The first kappa shape index (κ1) is 28.5. The van der Waals surface area contributed by atoms with Crippen LogP contribution in [0.1, 0.15) is 37.5 Å². The molecular formula is C28H33BrN2O5S. The molecule has 0 fully saturated rings. The zero-order chi connectivity index (χ0) is 27.2. The molecule has 9 heteroatoms. The molecular weight excluding hydrogens is 556 g/mol. The lowest BCUT2D eigenvalue weighted by Crippen LogP contribution is -2.38. The SMILES string of the molecule is CCOc1ccc(N(CC(=O)Nc2c(CC)cc(Br)cc2CC)S(=O)(=O)c2cc(C)ccc2OC)cc1. The standard InChI is InChI=1S/C28H33BrN2O5S/c1-6-20-16-22(29)17-21(7-2)28(20)30-27(32)18-31(23-10-12-24(13-11-23)36-8-3)37(33,34)26-15-19(4)9-14-25(26)35-5/h9-17H,6-8,18H2,1-5H3,(H,30,32). The van der Waals surface area contributed by atoms with Crippen molar-refractivity contribution in [3.63, 3.8) is 0 Å². The van der Waals surface area contributed by atoms with Gasteiger partial charge in [-0.15, -0.1) is 0 Å². The van der Waals surface area contributed by atoms with Crippen molar-refractivity contribution >= 4 is 43.2 Å². The molecule has 0 aliphatic rings. The van der Waals surface area contributed by atoms with Gasteiger partial charge in [0.2, 0.25) is 5.91 Å². The molecule has 0 radical (unpaired) electrons. The minimum atomic E-state index is -4.17. The number of hydrogen-bond donors (Lipinski definition) is 1. The molecule has 7 nitrogen and oxygen atoms in total. The Labute approximate surface area is 228 Å². The van der Waals surface area contributed by atoms with Gasteiger partial charge in [-0.2, -0.15) is 0 Å². The van der Waals surface area contributed by atoms with Crippen LogP contribution in [0.25, 0.3) is 0 Å². The van der Waals surface area contributed by atoms with Gasteiger partial charge in [0.15, 0.2) is 0 Å². The largest absolute Gasteiger partial charge is 0.495 e. The Balaban J connectivity index is 2.06. The van der Waals surface area contributed by atoms with Crippen LogP contribution >= 0.6 is 15.9 Å². The molecule has 1 N–H and O–H groups in total. The molecule has 1 amide bonds. The number of nitrogens with zero attached hydrogens (tertiary/aromatic N) is 1. The van der Waals surface area contributed by atoms with E-state index in [1.54, 1.807) is 49.4 Å². The molecule has 0 saturated carbocycles. The number of amides is 1. The zero-order valence-electron chi connectivity index (χ0n) is 21.8. The summed E-state index contributed by atoms with van der Waals surface area (Å²) in [5, 5.41) is 2.98. The second-order valence-corrected chi connectivity index (χ2v) is 11.2. The van der Waals surface area contributed by atoms with E-state index < -0.39 is 22.5 Å². The summed E-state index contributed by atoms with van der Waals surface area (Å²) >= 11 is 3.53. The van der Waals surface area contributed by atoms with Crippen molar-refractivity contribution in [2.75, 3.05) is 29.9 Å². The third kappa shape index (κ3) is 6.64. The number of anilines is 2. The maximum Gasteiger partial charge on any atom is 0.268 e. The second-order valence-electron chi connectivity index (χ2n) is 8.45. The Morgan fingerprint density at radius 3 is 2.14 bits per heavy atom. The number of carbonyl (C=O) groups is 1. The number of hydrogen-bond acceptors (Lipinski definition) is 5. The van der Waals surface area contributed by atoms with E-state index in [2.05, 4.69) is 21.2 Å². The van der Waals surface area contributed by atoms with E-state index in [0.29, 0.717) is 30.9 Å². The third-order valence-corrected chi connectivity index (χ3v) is 8.16. The number of ether oxygens (including phenoxy) is 2. The van der Waals surface area contributed by atoms with E-state index in [9.17, 15) is 13.2 Å². The first-order valence-corrected chi connectivity index (χ1v) is 14.4. The Bertz CT molecular complexity index is 1330. The summed E-state index contributed by atoms with van der Waals surface area (Å²) in [5.41, 5.74) is 3.75. The van der Waals surface area contributed by atoms with Crippen molar-refractivity contribution in [2.45, 2.75) is 45.4 Å². The summed E-state index contributed by atoms with van der Waals surface area (Å²) in [6.45, 7) is 7.76. The first-order chi connectivity index (χ1) is 17.6. The lowest BCUT2D eigenvalue weighted by Gasteiger charge is -2.26. The number of nitrogens with one attached hydrogen (secondary N) is 1. The maximum atomic E-state index is 14.0. The second kappa shape index (κ2) is 12.5. The highest BCUT2D eigenvalue weighted by Gasteiger charge is 2.30. The van der Waals surface area contributed by atoms with Crippen molar-refractivity contribution in [2.24, 2.45) is 0 Å². The molecule has 3 aromatic carbocycles. The number of halogens is 1. The van der Waals surface area contributed by atoms with Crippen molar-refractivity contribution < 1.29 is 22.7 Å². The topological polar surface area (TPSA) is 84.9 Å². The molecule has 0 aromatic heterocycles. The number of sulfonamides is 1. The van der Waals surface area contributed by atoms with Crippen molar-refractivity contribution in [1.82, 2.24) is 0 Å². The molecule has 0 bridgehead atoms. The maximum absolute atomic E-state index is 14.0. The number of carbonyl (C=O) groups excluding carboxylic acids is 1. The van der Waals surface area contributed by atoms with E-state index in [4.69, 9.17) is 9.47 Å². The van der Waals surface area contributed by atoms with Gasteiger partial charge in [0.05, 0.1) is 19.4 Å². The van der Waals surface area contributed by atoms with Gasteiger partial charge in [0.1, 0.15) is 22.9 Å². The first-order valence-electron chi connectivity index (χ1n) is 12.2. The molecule has 3 rings (SSSR count). The van der Waals surface area contributed by atoms with Gasteiger partial charge >= 0.3 is 0 Å². The van der Waals surface area contributed by atoms with Gasteiger partial charge in [-0.25, -0.2) is 8.42 Å². The zero-order valence-corrected chi connectivity index (χ0v) is 24.2. The van der Waals surface area contributed by atoms with Crippen LogP contribution in [-0.2, 0) is 27.7 Å². The van der Waals surface area contributed by atoms with Gasteiger partial charge in [0.25, 0.3) is 10.0 Å². The lowest BCUT2D eigenvalue weighted by molar-refractivity contribution is -0.114. The van der Waals surface area contributed by atoms with Crippen LogP contribution in [0, 0.1) is 6.92 Å². The summed E-state index contributed by atoms with van der Waals surface area (Å²) in [7, 11) is -2.75. The van der Waals surface area contributed by atoms with Crippen LogP contribution in [0.15, 0.2) is 64.0 Å². The molecule has 0 atom stereocenters. The van der Waals surface area contributed by atoms with Crippen LogP contribution in [-0.4, -0.2) is 34.6 Å². The fraction of sp³-hybridized carbons (Fsp3) is 0.321. The fourth-order valence-corrected chi connectivity index (χ4v) is 6.26. The van der Waals surface area contributed by atoms with Crippen molar-refractivity contribution in [1.29, 1.82) is 0 Å². The quantitative estimate of drug-likeness (QED) is 0.291. The van der Waals surface area contributed by atoms with Gasteiger partial charge in [-0.1, -0.05) is 35.8 Å². The summed E-state index contributed by atoms with van der Waals surface area (Å²) in [6.07, 6.45) is 1.42. The molecule has 0 saturated heterocycles. The molecule has 0 unspecified atom stereocenters. The van der Waals surface area contributed by atoms with Crippen LogP contribution in [0.2, 0.25) is 0 Å². The normalized spacial score (nSPS) is 11.2. The molecule has 0 aliphatic heterocycles. The lowest BCUT2D eigenvalue weighted by atomic mass is 10.0. The van der Waals surface area contributed by atoms with Gasteiger partial charge < -0.3 is 14.8 Å². The van der Waals surface area contributed by atoms with Crippen LogP contribution < -0.4 is 19.1 Å². The summed E-state index contributed by atoms with van der Waals surface area (Å²) in [6, 6.07) is 15.5. The Kier molecular flexibility index (Phi) is 9.62. The average molecular weight is 590 g/mol. The highest BCUT2D eigenvalue weighted by atomic mass is 79.9. The Morgan fingerprint density at radius 2 is 1.59 bits per heavy atom. The van der Waals surface area contributed by atoms with Crippen molar-refractivity contribution in [3.05, 3.63) is 75.8 Å². The highest BCUT2D eigenvalue weighted by Crippen LogP contribution is 2.32. The minimum Gasteiger partial charge on any atom is -0.495 e. The van der Waals surface area contributed by atoms with E-state index >= 15 is 0 Å². The predicted octanol–water partition coefficient (Wildman–Crippen LogP) is 6.12. The van der Waals surface area contributed by atoms with Gasteiger partial charge in [-0.3, -0.25) is 9.10 Å². The smallest absolute Gasteiger partial charge is 0.268 e. The van der Waals surface area contributed by atoms with Crippen LogP contribution in [0.4, 0.5) is 11.4 Å².